The highest BCUT2D eigenvalue weighted by Gasteiger charge is 2.21. The number of pyridine rings is 1. The van der Waals surface area contributed by atoms with E-state index in [1.54, 1.807) is 6.07 Å². The van der Waals surface area contributed by atoms with Crippen LogP contribution in [0.5, 0.6) is 0 Å². The fourth-order valence-corrected chi connectivity index (χ4v) is 2.98. The summed E-state index contributed by atoms with van der Waals surface area (Å²) in [6.07, 6.45) is 7.86. The lowest BCUT2D eigenvalue weighted by atomic mass is 10.0. The van der Waals surface area contributed by atoms with Gasteiger partial charge in [-0.05, 0) is 18.2 Å². The van der Waals surface area contributed by atoms with Crippen LogP contribution in [0.25, 0.3) is 21.8 Å². The molecule has 0 unspecified atom stereocenters. The Balaban J connectivity index is 0.00000169. The summed E-state index contributed by atoms with van der Waals surface area (Å²) in [5, 5.41) is 13.0. The lowest BCUT2D eigenvalue weighted by Crippen LogP contribution is -3.00. The molecule has 0 atom stereocenters. The van der Waals surface area contributed by atoms with Gasteiger partial charge >= 0.3 is 0 Å². The van der Waals surface area contributed by atoms with Gasteiger partial charge in [0.1, 0.15) is 5.39 Å². The molecule has 0 saturated heterocycles. The Morgan fingerprint density at radius 3 is 2.58 bits per heavy atom. The lowest BCUT2D eigenvalue weighted by molar-refractivity contribution is -0.383. The number of para-hydroxylation sites is 1. The van der Waals surface area contributed by atoms with Gasteiger partial charge in [0.2, 0.25) is 0 Å². The van der Waals surface area contributed by atoms with Crippen molar-refractivity contribution < 1.29 is 17.3 Å². The largest absolute Gasteiger partial charge is 1.00 e. The second kappa shape index (κ2) is 6.29. The van der Waals surface area contributed by atoms with Crippen LogP contribution in [-0.2, 0) is 0 Å². The monoisotopic (exact) mass is 338 g/mol. The van der Waals surface area contributed by atoms with Crippen LogP contribution in [0, 0.1) is 10.1 Å². The van der Waals surface area contributed by atoms with Crippen LogP contribution in [0.1, 0.15) is 0 Å². The number of halogens is 1. The Morgan fingerprint density at radius 2 is 1.83 bits per heavy atom. The number of nitro groups is 1. The maximum absolute atomic E-state index is 11.5. The molecule has 120 valence electrons. The second-order valence-electron chi connectivity index (χ2n) is 5.33. The predicted octanol–water partition coefficient (Wildman–Crippen LogP) is 1.19. The number of benzene rings is 2. The highest BCUT2D eigenvalue weighted by atomic mass is 35.5. The average Bonchev–Trinajstić information content (AvgIpc) is 2.59. The maximum Gasteiger partial charge on any atom is 0.280 e. The van der Waals surface area contributed by atoms with E-state index < -0.39 is 0 Å². The Bertz CT molecular complexity index is 998. The summed E-state index contributed by atoms with van der Waals surface area (Å²) >= 11 is 0. The fourth-order valence-electron chi connectivity index (χ4n) is 2.98. The van der Waals surface area contributed by atoms with Crippen LogP contribution >= 0.6 is 0 Å². The molecule has 4 rings (SSSR count). The molecule has 0 N–H and O–H groups in total. The van der Waals surface area contributed by atoms with Gasteiger partial charge in [-0.1, -0.05) is 36.4 Å². The third-order valence-corrected chi connectivity index (χ3v) is 3.96. The van der Waals surface area contributed by atoms with Crippen molar-refractivity contribution in [3.8, 4) is 0 Å². The minimum absolute atomic E-state index is 0. The number of allylic oxidation sites excluding steroid dienone is 2. The van der Waals surface area contributed by atoms with Crippen LogP contribution in [-0.4, -0.2) is 16.5 Å². The molecule has 1 aliphatic heterocycles. The van der Waals surface area contributed by atoms with Gasteiger partial charge in [0.05, 0.1) is 21.6 Å². The summed E-state index contributed by atoms with van der Waals surface area (Å²) in [5.74, 6) is 0. The predicted molar refractivity (Wildman–Crippen MR) is 91.5 cm³/mol. The number of non-ortho nitro benzene ring substituents is 1. The molecule has 1 aliphatic rings. The minimum Gasteiger partial charge on any atom is -1.00 e. The molecule has 0 radical (unpaired) electrons. The lowest BCUT2D eigenvalue weighted by Gasteiger charge is -2.24. The molecule has 0 aliphatic carbocycles. The summed E-state index contributed by atoms with van der Waals surface area (Å²) in [7, 11) is 0. The molecule has 0 spiro atoms. The Morgan fingerprint density at radius 1 is 1.04 bits per heavy atom. The molecule has 24 heavy (non-hydrogen) atoms. The van der Waals surface area contributed by atoms with Gasteiger partial charge in [-0.2, -0.15) is 0 Å². The quantitative estimate of drug-likeness (QED) is 0.400. The van der Waals surface area contributed by atoms with Crippen molar-refractivity contribution in [2.24, 2.45) is 0 Å². The smallest absolute Gasteiger partial charge is 0.280 e. The number of hydrogen-bond acceptors (Lipinski definition) is 4. The first-order valence-electron chi connectivity index (χ1n) is 7.31. The number of anilines is 1. The summed E-state index contributed by atoms with van der Waals surface area (Å²) < 4.78 is 0. The van der Waals surface area contributed by atoms with E-state index in [-0.39, 0.29) is 23.0 Å². The molecule has 3 aromatic rings. The third kappa shape index (κ3) is 2.49. The van der Waals surface area contributed by atoms with Crippen LogP contribution < -0.4 is 17.3 Å². The van der Waals surface area contributed by atoms with Crippen molar-refractivity contribution >= 4 is 33.2 Å². The van der Waals surface area contributed by atoms with Crippen molar-refractivity contribution in [1.82, 2.24) is 4.98 Å². The van der Waals surface area contributed by atoms with E-state index in [1.165, 1.54) is 6.07 Å². The van der Waals surface area contributed by atoms with Crippen LogP contribution in [0.2, 0.25) is 0 Å². The van der Waals surface area contributed by atoms with Crippen molar-refractivity contribution in [2.45, 2.75) is 0 Å². The summed E-state index contributed by atoms with van der Waals surface area (Å²) in [4.78, 5) is 17.8. The average molecular weight is 339 g/mol. The zero-order valence-electron chi connectivity index (χ0n) is 12.6. The van der Waals surface area contributed by atoms with Crippen molar-refractivity contribution in [3.05, 3.63) is 77.0 Å². The Kier molecular flexibility index (Phi) is 4.18. The van der Waals surface area contributed by atoms with E-state index in [4.69, 9.17) is 0 Å². The van der Waals surface area contributed by atoms with E-state index in [0.29, 0.717) is 17.4 Å². The topological polar surface area (TPSA) is 59.3 Å². The van der Waals surface area contributed by atoms with E-state index in [2.05, 4.69) is 4.98 Å². The number of nitrogens with zero attached hydrogens (tertiary/aromatic N) is 3. The summed E-state index contributed by atoms with van der Waals surface area (Å²) in [6, 6.07) is 12.8. The molecule has 0 bridgehead atoms. The number of nitro benzene ring substituents is 1. The highest BCUT2D eigenvalue weighted by Crippen LogP contribution is 2.39. The zero-order valence-corrected chi connectivity index (χ0v) is 13.3. The van der Waals surface area contributed by atoms with Gasteiger partial charge in [0.25, 0.3) is 5.69 Å². The molecule has 0 fully saturated rings. The first kappa shape index (κ1) is 16.0. The SMILES string of the molecule is O=[N+]([O-])c1cccc2nc3ccccc3c(N3C=CC=CC3)c12.[Cl-]. The van der Waals surface area contributed by atoms with Gasteiger partial charge in [-0.3, -0.25) is 10.1 Å². The fraction of sp³-hybridized carbons (Fsp3) is 0.0556. The third-order valence-electron chi connectivity index (χ3n) is 3.96. The summed E-state index contributed by atoms with van der Waals surface area (Å²) in [6.45, 7) is 0.672. The van der Waals surface area contributed by atoms with E-state index in [0.717, 1.165) is 16.6 Å². The van der Waals surface area contributed by atoms with Crippen molar-refractivity contribution in [3.63, 3.8) is 0 Å². The molecule has 2 heterocycles. The van der Waals surface area contributed by atoms with Crippen molar-refractivity contribution in [1.29, 1.82) is 0 Å². The highest BCUT2D eigenvalue weighted by molar-refractivity contribution is 6.11. The molecule has 1 aromatic heterocycles. The van der Waals surface area contributed by atoms with Gasteiger partial charge in [0, 0.05) is 24.2 Å². The van der Waals surface area contributed by atoms with Gasteiger partial charge in [0.15, 0.2) is 0 Å². The summed E-state index contributed by atoms with van der Waals surface area (Å²) in [5.41, 5.74) is 2.38. The standard InChI is InChI=1S/C18H13N3O2.ClH/c22-21(23)16-10-6-9-15-17(16)18(20-11-4-1-5-12-20)13-7-2-3-8-14(13)19-15;/h1-11H,12H2;1H/p-1. The number of hydrogen-bond donors (Lipinski definition) is 0. The Labute approximate surface area is 144 Å². The van der Waals surface area contributed by atoms with Crippen LogP contribution in [0.3, 0.4) is 0 Å². The second-order valence-corrected chi connectivity index (χ2v) is 5.33. The number of aromatic nitrogens is 1. The molecular weight excluding hydrogens is 326 g/mol. The van der Waals surface area contributed by atoms with Crippen LogP contribution in [0.15, 0.2) is 66.9 Å². The molecular formula is C18H13ClN3O2-. The molecule has 0 amide bonds. The molecule has 2 aromatic carbocycles. The first-order valence-corrected chi connectivity index (χ1v) is 7.31. The van der Waals surface area contributed by atoms with E-state index >= 15 is 0 Å². The molecule has 5 nitrogen and oxygen atoms in total. The van der Waals surface area contributed by atoms with Crippen LogP contribution in [0.4, 0.5) is 11.4 Å². The van der Waals surface area contributed by atoms with Gasteiger partial charge in [-0.25, -0.2) is 4.98 Å². The number of rotatable bonds is 2. The van der Waals surface area contributed by atoms with Gasteiger partial charge < -0.3 is 17.3 Å². The van der Waals surface area contributed by atoms with E-state index in [1.807, 2.05) is 59.7 Å². The molecule has 0 saturated carbocycles. The number of fused-ring (bicyclic) bond motifs is 2. The Hall–Kier alpha value is -2.92. The molecule has 6 heteroatoms. The maximum atomic E-state index is 11.5. The zero-order chi connectivity index (χ0) is 15.8. The van der Waals surface area contributed by atoms with Crippen molar-refractivity contribution in [2.75, 3.05) is 11.4 Å². The minimum atomic E-state index is -0.341. The normalized spacial score (nSPS) is 13.2. The van der Waals surface area contributed by atoms with Gasteiger partial charge in [-0.15, -0.1) is 0 Å². The van der Waals surface area contributed by atoms with E-state index in [9.17, 15) is 10.1 Å². The first-order chi connectivity index (χ1) is 11.3.